The molecule has 0 radical (unpaired) electrons. The molecule has 31 heavy (non-hydrogen) atoms. The van der Waals surface area contributed by atoms with Crippen molar-refractivity contribution in [3.05, 3.63) is 63.2 Å². The van der Waals surface area contributed by atoms with E-state index in [9.17, 15) is 13.2 Å². The van der Waals surface area contributed by atoms with E-state index in [4.69, 9.17) is 39.5 Å². The van der Waals surface area contributed by atoms with E-state index < -0.39 is 21.4 Å². The van der Waals surface area contributed by atoms with Gasteiger partial charge in [0.25, 0.3) is 0 Å². The normalized spacial score (nSPS) is 12.1. The summed E-state index contributed by atoms with van der Waals surface area (Å²) in [6.45, 7) is 5.04. The Hall–Kier alpha value is -2.06. The molecule has 1 aromatic heterocycles. The van der Waals surface area contributed by atoms with Gasteiger partial charge in [-0.25, -0.2) is 18.2 Å². The number of carbonyl (C=O) groups is 1. The van der Waals surface area contributed by atoms with Crippen molar-refractivity contribution in [1.29, 1.82) is 0 Å². The Morgan fingerprint density at radius 1 is 1.00 bits per heavy atom. The van der Waals surface area contributed by atoms with Gasteiger partial charge in [0.05, 0.1) is 5.02 Å². The van der Waals surface area contributed by atoms with Gasteiger partial charge in [-0.1, -0.05) is 34.8 Å². The summed E-state index contributed by atoms with van der Waals surface area (Å²) >= 11 is 18.4. The van der Waals surface area contributed by atoms with E-state index in [0.29, 0.717) is 21.3 Å². The van der Waals surface area contributed by atoms with Crippen molar-refractivity contribution in [2.45, 2.75) is 31.4 Å². The number of ether oxygens (including phenoxy) is 1. The van der Waals surface area contributed by atoms with E-state index in [0.717, 1.165) is 6.26 Å². The summed E-state index contributed by atoms with van der Waals surface area (Å²) in [7, 11) is -3.93. The van der Waals surface area contributed by atoms with E-state index >= 15 is 0 Å². The SMILES string of the molecule is CC(C)(C)OC(=O)c1nc(-c2ccc(Cl)cc2Cl)n(-c2ccc(Cl)cc2)c1S(C)(=O)=O. The topological polar surface area (TPSA) is 78.3 Å². The van der Waals surface area contributed by atoms with Crippen molar-refractivity contribution in [3.63, 3.8) is 0 Å². The van der Waals surface area contributed by atoms with Crippen LogP contribution >= 0.6 is 34.8 Å². The van der Waals surface area contributed by atoms with Gasteiger partial charge in [0.15, 0.2) is 20.6 Å². The van der Waals surface area contributed by atoms with Gasteiger partial charge in [0.2, 0.25) is 0 Å². The number of imidazole rings is 1. The molecule has 2 aromatic carbocycles. The number of hydrogen-bond acceptors (Lipinski definition) is 5. The number of nitrogens with zero attached hydrogens (tertiary/aromatic N) is 2. The lowest BCUT2D eigenvalue weighted by Crippen LogP contribution is -2.25. The second kappa shape index (κ2) is 8.47. The van der Waals surface area contributed by atoms with E-state index in [1.54, 1.807) is 57.2 Å². The molecule has 0 aliphatic heterocycles. The van der Waals surface area contributed by atoms with Gasteiger partial charge in [-0.2, -0.15) is 0 Å². The molecule has 0 atom stereocenters. The number of esters is 1. The Morgan fingerprint density at radius 3 is 2.10 bits per heavy atom. The summed E-state index contributed by atoms with van der Waals surface area (Å²) in [6, 6.07) is 11.1. The standard InChI is InChI=1S/C21H19Cl3N2O4S/c1-21(2,3)30-20(27)17-19(31(4,28)29)26(14-8-5-12(22)6-9-14)18(25-17)15-10-7-13(23)11-16(15)24/h5-11H,1-4H3. The average molecular weight is 502 g/mol. The van der Waals surface area contributed by atoms with Gasteiger partial charge in [-0.3, -0.25) is 4.57 Å². The lowest BCUT2D eigenvalue weighted by Gasteiger charge is -2.19. The molecule has 0 saturated heterocycles. The lowest BCUT2D eigenvalue weighted by atomic mass is 10.2. The Morgan fingerprint density at radius 2 is 1.58 bits per heavy atom. The average Bonchev–Trinajstić information content (AvgIpc) is 3.02. The molecule has 0 unspecified atom stereocenters. The second-order valence-corrected chi connectivity index (χ2v) is 11.0. The van der Waals surface area contributed by atoms with Crippen LogP contribution in [0.2, 0.25) is 15.1 Å². The summed E-state index contributed by atoms with van der Waals surface area (Å²) in [5.74, 6) is -0.725. The van der Waals surface area contributed by atoms with Gasteiger partial charge in [-0.05, 0) is 63.2 Å². The van der Waals surface area contributed by atoms with Crippen molar-refractivity contribution in [2.24, 2.45) is 0 Å². The molecular formula is C21H19Cl3N2O4S. The lowest BCUT2D eigenvalue weighted by molar-refractivity contribution is 0.00585. The zero-order valence-corrected chi connectivity index (χ0v) is 20.2. The van der Waals surface area contributed by atoms with Crippen LogP contribution in [0.15, 0.2) is 47.5 Å². The maximum atomic E-state index is 12.9. The van der Waals surface area contributed by atoms with E-state index in [2.05, 4.69) is 4.98 Å². The number of rotatable bonds is 4. The van der Waals surface area contributed by atoms with Crippen LogP contribution in [0.3, 0.4) is 0 Å². The Bertz CT molecular complexity index is 1260. The first-order valence-corrected chi connectivity index (χ1v) is 12.1. The number of hydrogen-bond donors (Lipinski definition) is 0. The highest BCUT2D eigenvalue weighted by atomic mass is 35.5. The summed E-state index contributed by atoms with van der Waals surface area (Å²) < 4.78 is 32.4. The number of sulfone groups is 1. The van der Waals surface area contributed by atoms with Gasteiger partial charge in [0, 0.05) is 27.6 Å². The molecule has 0 aliphatic rings. The van der Waals surface area contributed by atoms with Crippen LogP contribution < -0.4 is 0 Å². The summed E-state index contributed by atoms with van der Waals surface area (Å²) in [6.07, 6.45) is 0.998. The summed E-state index contributed by atoms with van der Waals surface area (Å²) in [5, 5.41) is 0.783. The number of halogens is 3. The smallest absolute Gasteiger partial charge is 0.360 e. The third-order valence-corrected chi connectivity index (χ3v) is 5.91. The Balaban J connectivity index is 2.41. The van der Waals surface area contributed by atoms with Crippen molar-refractivity contribution in [3.8, 4) is 17.1 Å². The zero-order chi connectivity index (χ0) is 23.1. The second-order valence-electron chi connectivity index (χ2n) is 7.80. The van der Waals surface area contributed by atoms with Crippen LogP contribution in [-0.2, 0) is 14.6 Å². The Kier molecular flexibility index (Phi) is 6.45. The molecule has 6 nitrogen and oxygen atoms in total. The molecule has 0 amide bonds. The van der Waals surface area contributed by atoms with E-state index in [-0.39, 0.29) is 21.6 Å². The molecule has 0 spiro atoms. The van der Waals surface area contributed by atoms with E-state index in [1.165, 1.54) is 10.6 Å². The summed E-state index contributed by atoms with van der Waals surface area (Å²) in [4.78, 5) is 17.3. The maximum Gasteiger partial charge on any atom is 0.360 e. The molecule has 3 aromatic rings. The molecule has 0 aliphatic carbocycles. The van der Waals surface area contributed by atoms with Crippen LogP contribution in [0.25, 0.3) is 17.1 Å². The van der Waals surface area contributed by atoms with Crippen molar-refractivity contribution in [2.75, 3.05) is 6.26 Å². The van der Waals surface area contributed by atoms with Crippen LogP contribution in [0.5, 0.6) is 0 Å². The zero-order valence-electron chi connectivity index (χ0n) is 17.1. The number of aromatic nitrogens is 2. The Labute approximate surface area is 195 Å². The first-order valence-electron chi connectivity index (χ1n) is 9.05. The minimum atomic E-state index is -3.93. The van der Waals surface area contributed by atoms with Gasteiger partial charge < -0.3 is 4.74 Å². The highest BCUT2D eigenvalue weighted by molar-refractivity contribution is 7.90. The minimum Gasteiger partial charge on any atom is -0.455 e. The molecule has 1 heterocycles. The molecule has 0 bridgehead atoms. The van der Waals surface area contributed by atoms with Crippen LogP contribution in [0, 0.1) is 0 Å². The van der Waals surface area contributed by atoms with Crippen molar-refractivity contribution >= 4 is 50.6 Å². The fourth-order valence-corrected chi connectivity index (χ4v) is 4.51. The molecule has 0 N–H and O–H groups in total. The predicted molar refractivity (Wildman–Crippen MR) is 122 cm³/mol. The maximum absolute atomic E-state index is 12.9. The first-order chi connectivity index (χ1) is 14.3. The highest BCUT2D eigenvalue weighted by Crippen LogP contribution is 2.35. The van der Waals surface area contributed by atoms with Gasteiger partial charge in [0.1, 0.15) is 11.4 Å². The molecular weight excluding hydrogens is 483 g/mol. The molecule has 10 heteroatoms. The fraction of sp³-hybridized carbons (Fsp3) is 0.238. The van der Waals surface area contributed by atoms with Crippen molar-refractivity contribution in [1.82, 2.24) is 9.55 Å². The minimum absolute atomic E-state index is 0.144. The molecule has 3 rings (SSSR count). The monoisotopic (exact) mass is 500 g/mol. The quantitative estimate of drug-likeness (QED) is 0.419. The van der Waals surface area contributed by atoms with Crippen molar-refractivity contribution < 1.29 is 17.9 Å². The van der Waals surface area contributed by atoms with Crippen LogP contribution in [-0.4, -0.2) is 35.8 Å². The molecule has 164 valence electrons. The highest BCUT2D eigenvalue weighted by Gasteiger charge is 2.33. The predicted octanol–water partition coefficient (Wildman–Crippen LogP) is 5.86. The van der Waals surface area contributed by atoms with Gasteiger partial charge >= 0.3 is 5.97 Å². The van der Waals surface area contributed by atoms with Gasteiger partial charge in [-0.15, -0.1) is 0 Å². The molecule has 0 saturated carbocycles. The third kappa shape index (κ3) is 5.23. The van der Waals surface area contributed by atoms with Crippen LogP contribution in [0.4, 0.5) is 0 Å². The van der Waals surface area contributed by atoms with Crippen LogP contribution in [0.1, 0.15) is 31.3 Å². The van der Waals surface area contributed by atoms with E-state index in [1.807, 2.05) is 0 Å². The first kappa shape index (κ1) is 23.6. The number of carbonyl (C=O) groups excluding carboxylic acids is 1. The third-order valence-electron chi connectivity index (χ3n) is 4.04. The molecule has 0 fully saturated rings. The summed E-state index contributed by atoms with van der Waals surface area (Å²) in [5.41, 5.74) is -0.379. The fourth-order valence-electron chi connectivity index (χ4n) is 2.89. The number of benzene rings is 2. The largest absolute Gasteiger partial charge is 0.455 e.